The minimum absolute atomic E-state index is 0.0303. The zero-order chi connectivity index (χ0) is 10.6. The molecule has 0 radical (unpaired) electrons. The molecule has 6 heteroatoms. The maximum atomic E-state index is 11.0. The second-order valence-corrected chi connectivity index (χ2v) is 3.03. The van der Waals surface area contributed by atoms with Crippen molar-refractivity contribution in [3.05, 3.63) is 23.8 Å². The third kappa shape index (κ3) is 2.89. The van der Waals surface area contributed by atoms with Crippen molar-refractivity contribution in [1.29, 1.82) is 0 Å². The fraction of sp³-hybridized carbons (Fsp3) is 0.375. The van der Waals surface area contributed by atoms with Crippen LogP contribution in [0.2, 0.25) is 0 Å². The van der Waals surface area contributed by atoms with E-state index in [1.165, 1.54) is 6.08 Å². The first-order valence-corrected chi connectivity index (χ1v) is 4.29. The Bertz CT molecular complexity index is 279. The van der Waals surface area contributed by atoms with Gasteiger partial charge in [0.15, 0.2) is 0 Å². The van der Waals surface area contributed by atoms with Gasteiger partial charge in [-0.2, -0.15) is 0 Å². The number of piperazine rings is 1. The first-order chi connectivity index (χ1) is 6.59. The third-order valence-electron chi connectivity index (χ3n) is 1.85. The number of nitrogens with two attached hydrogens (primary N) is 3. The van der Waals surface area contributed by atoms with Crippen molar-refractivity contribution in [3.63, 3.8) is 0 Å². The van der Waals surface area contributed by atoms with Gasteiger partial charge < -0.3 is 27.4 Å². The minimum Gasteiger partial charge on any atom is -0.386 e. The molecule has 1 amide bonds. The standard InChI is InChI=1S/C8H15N5O/c9-6(10)1-2-7(11)13-4-3-12-8(14)5-13/h1-2H,3-5,9-11H2,(H,12,14)/b7-2+. The van der Waals surface area contributed by atoms with E-state index in [2.05, 4.69) is 5.32 Å². The Morgan fingerprint density at radius 1 is 1.36 bits per heavy atom. The maximum Gasteiger partial charge on any atom is 0.239 e. The van der Waals surface area contributed by atoms with Gasteiger partial charge in [-0.1, -0.05) is 0 Å². The van der Waals surface area contributed by atoms with Gasteiger partial charge in [0.2, 0.25) is 5.91 Å². The Hall–Kier alpha value is -1.85. The molecule has 14 heavy (non-hydrogen) atoms. The molecule has 0 spiro atoms. The molecule has 1 saturated heterocycles. The number of nitrogens with one attached hydrogen (secondary N) is 1. The summed E-state index contributed by atoms with van der Waals surface area (Å²) in [6.45, 7) is 1.59. The Balaban J connectivity index is 2.59. The number of hydrogen-bond donors (Lipinski definition) is 4. The van der Waals surface area contributed by atoms with Crippen LogP contribution in [0.1, 0.15) is 0 Å². The summed E-state index contributed by atoms with van der Waals surface area (Å²) >= 11 is 0. The van der Waals surface area contributed by atoms with Crippen LogP contribution in [0.3, 0.4) is 0 Å². The molecule has 0 unspecified atom stereocenters. The fourth-order valence-corrected chi connectivity index (χ4v) is 1.15. The van der Waals surface area contributed by atoms with Crippen LogP contribution in [0, 0.1) is 0 Å². The fourth-order valence-electron chi connectivity index (χ4n) is 1.15. The van der Waals surface area contributed by atoms with Crippen molar-refractivity contribution < 1.29 is 4.79 Å². The lowest BCUT2D eigenvalue weighted by molar-refractivity contribution is -0.123. The van der Waals surface area contributed by atoms with Gasteiger partial charge in [0.25, 0.3) is 0 Å². The summed E-state index contributed by atoms with van der Waals surface area (Å²) < 4.78 is 0. The largest absolute Gasteiger partial charge is 0.386 e. The molecule has 78 valence electrons. The van der Waals surface area contributed by atoms with E-state index in [1.54, 1.807) is 11.0 Å². The number of hydrogen-bond acceptors (Lipinski definition) is 5. The lowest BCUT2D eigenvalue weighted by Gasteiger charge is -2.28. The molecule has 0 aromatic rings. The Morgan fingerprint density at radius 3 is 2.64 bits per heavy atom. The van der Waals surface area contributed by atoms with E-state index in [1.807, 2.05) is 0 Å². The van der Waals surface area contributed by atoms with Crippen LogP contribution in [0.15, 0.2) is 23.8 Å². The summed E-state index contributed by atoms with van der Waals surface area (Å²) in [5.41, 5.74) is 16.2. The predicted octanol–water partition coefficient (Wildman–Crippen LogP) is -2.02. The van der Waals surface area contributed by atoms with Crippen molar-refractivity contribution >= 4 is 5.91 Å². The summed E-state index contributed by atoms with van der Waals surface area (Å²) in [5.74, 6) is 0.653. The summed E-state index contributed by atoms with van der Waals surface area (Å²) in [5, 5.41) is 2.70. The van der Waals surface area contributed by atoms with Crippen LogP contribution in [0.25, 0.3) is 0 Å². The van der Waals surface area contributed by atoms with Crippen molar-refractivity contribution in [2.24, 2.45) is 17.2 Å². The van der Waals surface area contributed by atoms with E-state index >= 15 is 0 Å². The van der Waals surface area contributed by atoms with E-state index in [0.29, 0.717) is 18.9 Å². The van der Waals surface area contributed by atoms with Crippen LogP contribution in [0.5, 0.6) is 0 Å². The SMILES string of the molecule is NC(N)=C/C=C(\N)N1CCNC(=O)C1. The average Bonchev–Trinajstić information content (AvgIpc) is 2.14. The highest BCUT2D eigenvalue weighted by Gasteiger charge is 2.15. The maximum absolute atomic E-state index is 11.0. The van der Waals surface area contributed by atoms with Gasteiger partial charge in [-0.05, 0) is 12.2 Å². The molecule has 0 aromatic carbocycles. The first kappa shape index (κ1) is 10.2. The summed E-state index contributed by atoms with van der Waals surface area (Å²) in [7, 11) is 0. The van der Waals surface area contributed by atoms with Gasteiger partial charge in [0, 0.05) is 13.1 Å². The van der Waals surface area contributed by atoms with Gasteiger partial charge in [-0.25, -0.2) is 0 Å². The van der Waals surface area contributed by atoms with Gasteiger partial charge in [0.1, 0.15) is 0 Å². The molecular formula is C8H15N5O. The summed E-state index contributed by atoms with van der Waals surface area (Å²) in [6, 6.07) is 0. The molecule has 7 N–H and O–H groups in total. The first-order valence-electron chi connectivity index (χ1n) is 4.29. The van der Waals surface area contributed by atoms with E-state index in [4.69, 9.17) is 17.2 Å². The molecule has 1 aliphatic rings. The van der Waals surface area contributed by atoms with E-state index in [0.717, 1.165) is 0 Å². The van der Waals surface area contributed by atoms with Crippen LogP contribution in [-0.4, -0.2) is 30.4 Å². The van der Waals surface area contributed by atoms with Gasteiger partial charge >= 0.3 is 0 Å². The van der Waals surface area contributed by atoms with E-state index in [-0.39, 0.29) is 18.3 Å². The summed E-state index contributed by atoms with van der Waals surface area (Å²) in [6.07, 6.45) is 3.09. The number of rotatable bonds is 2. The second-order valence-electron chi connectivity index (χ2n) is 3.03. The van der Waals surface area contributed by atoms with Crippen LogP contribution in [0.4, 0.5) is 0 Å². The lowest BCUT2D eigenvalue weighted by atomic mass is 10.3. The number of nitrogens with zero attached hydrogens (tertiary/aromatic N) is 1. The molecule has 0 atom stereocenters. The molecule has 1 heterocycles. The lowest BCUT2D eigenvalue weighted by Crippen LogP contribution is -2.48. The Kier molecular flexibility index (Phi) is 3.22. The highest BCUT2D eigenvalue weighted by atomic mass is 16.2. The zero-order valence-corrected chi connectivity index (χ0v) is 7.86. The minimum atomic E-state index is -0.0303. The molecule has 0 aromatic heterocycles. The summed E-state index contributed by atoms with van der Waals surface area (Å²) in [4.78, 5) is 12.8. The monoisotopic (exact) mass is 197 g/mol. The van der Waals surface area contributed by atoms with Gasteiger partial charge in [-0.15, -0.1) is 0 Å². The van der Waals surface area contributed by atoms with Crippen LogP contribution in [-0.2, 0) is 4.79 Å². The third-order valence-corrected chi connectivity index (χ3v) is 1.85. The second kappa shape index (κ2) is 4.40. The van der Waals surface area contributed by atoms with Crippen LogP contribution >= 0.6 is 0 Å². The predicted molar refractivity (Wildman–Crippen MR) is 53.3 cm³/mol. The Labute approximate surface area is 82.4 Å². The number of allylic oxidation sites excluding steroid dienone is 2. The molecule has 0 aliphatic carbocycles. The molecular weight excluding hydrogens is 182 g/mol. The number of carbonyl (C=O) groups excluding carboxylic acids is 1. The molecule has 1 fully saturated rings. The van der Waals surface area contributed by atoms with Crippen molar-refractivity contribution in [2.75, 3.05) is 19.6 Å². The molecule has 6 nitrogen and oxygen atoms in total. The zero-order valence-electron chi connectivity index (χ0n) is 7.86. The van der Waals surface area contributed by atoms with Gasteiger partial charge in [-0.3, -0.25) is 4.79 Å². The number of carbonyl (C=O) groups is 1. The molecule has 1 aliphatic heterocycles. The topological polar surface area (TPSA) is 110 Å². The normalized spacial score (nSPS) is 17.6. The van der Waals surface area contributed by atoms with E-state index in [9.17, 15) is 4.79 Å². The molecule has 1 rings (SSSR count). The smallest absolute Gasteiger partial charge is 0.239 e. The Morgan fingerprint density at radius 2 is 2.07 bits per heavy atom. The highest BCUT2D eigenvalue weighted by molar-refractivity contribution is 5.78. The molecule has 0 bridgehead atoms. The average molecular weight is 197 g/mol. The van der Waals surface area contributed by atoms with Crippen molar-refractivity contribution in [2.45, 2.75) is 0 Å². The van der Waals surface area contributed by atoms with Crippen molar-refractivity contribution in [3.8, 4) is 0 Å². The molecule has 0 saturated carbocycles. The quantitative estimate of drug-likeness (QED) is 0.382. The highest BCUT2D eigenvalue weighted by Crippen LogP contribution is 2.00. The number of amides is 1. The van der Waals surface area contributed by atoms with Crippen LogP contribution < -0.4 is 22.5 Å². The van der Waals surface area contributed by atoms with E-state index < -0.39 is 0 Å². The van der Waals surface area contributed by atoms with Gasteiger partial charge in [0.05, 0.1) is 18.2 Å². The van der Waals surface area contributed by atoms with Crippen molar-refractivity contribution in [1.82, 2.24) is 10.2 Å².